The van der Waals surface area contributed by atoms with Crippen LogP contribution in [0.5, 0.6) is 0 Å². The number of fused-ring (bicyclic) bond motifs is 20. The number of para-hydroxylation sites is 3. The predicted octanol–water partition coefficient (Wildman–Crippen LogP) is 17.1. The van der Waals surface area contributed by atoms with Gasteiger partial charge in [-0.2, -0.15) is 0 Å². The minimum absolute atomic E-state index is 0.0376. The van der Waals surface area contributed by atoms with Crippen LogP contribution in [0.2, 0.25) is 0 Å². The summed E-state index contributed by atoms with van der Waals surface area (Å²) in [6.45, 7) is 24.2. The Morgan fingerprint density at radius 2 is 0.753 bits per heavy atom. The van der Waals surface area contributed by atoms with Crippen LogP contribution in [-0.2, 0) is 27.1 Å². The van der Waals surface area contributed by atoms with Gasteiger partial charge in [-0.25, -0.2) is 0 Å². The van der Waals surface area contributed by atoms with Crippen LogP contribution in [0.1, 0.15) is 125 Å². The third kappa shape index (κ3) is 6.03. The Kier molecular flexibility index (Phi) is 9.51. The summed E-state index contributed by atoms with van der Waals surface area (Å²) in [7, 11) is 0. The zero-order chi connectivity index (χ0) is 57.6. The van der Waals surface area contributed by atoms with Gasteiger partial charge in [0.1, 0.15) is 0 Å². The molecule has 2 aromatic heterocycles. The van der Waals surface area contributed by atoms with Crippen LogP contribution in [0.25, 0.3) is 88.1 Å². The van der Waals surface area contributed by atoms with Gasteiger partial charge in [0.05, 0.1) is 0 Å². The molecule has 2 unspecified atom stereocenters. The lowest BCUT2D eigenvalue weighted by Crippen LogP contribution is -2.58. The van der Waals surface area contributed by atoms with Gasteiger partial charge in [-0.15, -0.1) is 0 Å². The second-order valence-corrected chi connectivity index (χ2v) is 28.5. The van der Waals surface area contributed by atoms with Gasteiger partial charge in [0.15, 0.2) is 0 Å². The molecule has 18 rings (SSSR count). The fourth-order valence-corrected chi connectivity index (χ4v) is 18.3. The van der Waals surface area contributed by atoms with Crippen LogP contribution in [0.15, 0.2) is 218 Å². The van der Waals surface area contributed by atoms with E-state index in [4.69, 9.17) is 0 Å². The van der Waals surface area contributed by atoms with Gasteiger partial charge in [-0.3, -0.25) is 0 Å². The van der Waals surface area contributed by atoms with Crippen molar-refractivity contribution in [2.45, 2.75) is 96.3 Å². The summed E-state index contributed by atoms with van der Waals surface area (Å²) in [6.07, 6.45) is 0. The van der Waals surface area contributed by atoms with Gasteiger partial charge in [-0.05, 0) is 159 Å². The van der Waals surface area contributed by atoms with Crippen LogP contribution in [0.4, 0.5) is 0 Å². The molecule has 0 saturated carbocycles. The number of nitrogens with zero attached hydrogens (tertiary/aromatic N) is 2. The Bertz CT molecular complexity index is 5110. The molecule has 0 radical (unpaired) electrons. The molecular formula is C81H66B2N2. The second kappa shape index (κ2) is 16.3. The molecule has 0 fully saturated rings. The zero-order valence-corrected chi connectivity index (χ0v) is 50.3. The lowest BCUT2D eigenvalue weighted by molar-refractivity contribution is 0.592. The molecule has 2 atom stereocenters. The second-order valence-electron chi connectivity index (χ2n) is 28.5. The quantitative estimate of drug-likeness (QED) is 0.156. The average molecular weight is 1090 g/mol. The Balaban J connectivity index is 0.881. The molecule has 0 N–H and O–H groups in total. The van der Waals surface area contributed by atoms with E-state index in [2.05, 4.69) is 297 Å². The standard InChI is InChI=1S/C81H66B2N2/c1-77(2,3)64-33-19-28-55-56-29-20-34-65(78(4,5)6)75(56)85(74(55)64)83-68-37-22-27-53-50-24-12-15-31-61(50)81(10,72(53)68)63-44-40-48(46-69(63)83)47-39-43-59-58(45-47)54-41-42-57-51-25-13-18-38-70(51)84(76(57)73(54)79(59,7)8)82-66-35-17-16-32-62(66)80(9)60-30-14-11-23-49(60)52-26-21-36-67(82)71(52)80/h11-46H,1-10H3. The maximum Gasteiger partial charge on any atom is 0.328 e. The molecule has 0 amide bonds. The van der Waals surface area contributed by atoms with Crippen molar-refractivity contribution < 1.29 is 0 Å². The summed E-state index contributed by atoms with van der Waals surface area (Å²) >= 11 is 0. The van der Waals surface area contributed by atoms with Crippen molar-refractivity contribution >= 4 is 79.2 Å². The molecule has 2 aliphatic heterocycles. The number of benzene rings is 11. The summed E-state index contributed by atoms with van der Waals surface area (Å²) in [5.74, 6) is 0. The van der Waals surface area contributed by atoms with Crippen LogP contribution in [0.3, 0.4) is 0 Å². The van der Waals surface area contributed by atoms with E-state index in [0.717, 1.165) is 0 Å². The van der Waals surface area contributed by atoms with Crippen molar-refractivity contribution in [2.24, 2.45) is 0 Å². The minimum atomic E-state index is -0.350. The fourth-order valence-electron chi connectivity index (χ4n) is 18.3. The first-order valence-electron chi connectivity index (χ1n) is 31.0. The number of hydrogen-bond acceptors (Lipinski definition) is 0. The van der Waals surface area contributed by atoms with Crippen molar-refractivity contribution in [1.82, 2.24) is 8.96 Å². The van der Waals surface area contributed by atoms with E-state index in [-0.39, 0.29) is 40.8 Å². The highest BCUT2D eigenvalue weighted by Gasteiger charge is 2.53. The molecule has 3 aliphatic carbocycles. The van der Waals surface area contributed by atoms with Gasteiger partial charge in [0.2, 0.25) is 0 Å². The third-order valence-corrected chi connectivity index (χ3v) is 21.8. The number of hydrogen-bond donors (Lipinski definition) is 0. The van der Waals surface area contributed by atoms with Crippen LogP contribution in [-0.4, -0.2) is 22.7 Å². The Morgan fingerprint density at radius 3 is 1.36 bits per heavy atom. The van der Waals surface area contributed by atoms with Crippen molar-refractivity contribution in [3.8, 4) is 44.5 Å². The molecule has 0 spiro atoms. The first-order valence-corrected chi connectivity index (χ1v) is 31.0. The van der Waals surface area contributed by atoms with Gasteiger partial charge < -0.3 is 8.96 Å². The summed E-state index contributed by atoms with van der Waals surface area (Å²) in [5, 5.41) is 5.27. The summed E-state index contributed by atoms with van der Waals surface area (Å²) in [5.41, 5.74) is 34.3. The largest absolute Gasteiger partial charge is 0.376 e. The molecule has 4 heterocycles. The van der Waals surface area contributed by atoms with E-state index < -0.39 is 0 Å². The average Bonchev–Trinajstić information content (AvgIpc) is 1.58. The van der Waals surface area contributed by atoms with Crippen LogP contribution >= 0.6 is 0 Å². The van der Waals surface area contributed by atoms with Gasteiger partial charge in [-0.1, -0.05) is 262 Å². The highest BCUT2D eigenvalue weighted by Crippen LogP contribution is 2.58. The maximum atomic E-state index is 2.83. The monoisotopic (exact) mass is 1090 g/mol. The molecule has 4 heteroatoms. The topological polar surface area (TPSA) is 9.86 Å². The van der Waals surface area contributed by atoms with E-state index in [1.54, 1.807) is 0 Å². The first-order chi connectivity index (χ1) is 41.0. The first kappa shape index (κ1) is 49.6. The Hall–Kier alpha value is -8.85. The van der Waals surface area contributed by atoms with Gasteiger partial charge in [0, 0.05) is 59.9 Å². The van der Waals surface area contributed by atoms with E-state index in [1.165, 1.54) is 166 Å². The van der Waals surface area contributed by atoms with E-state index >= 15 is 0 Å². The SMILES string of the molecule is CC(C)(C)c1cccc2c3cccc(C(C)(C)C)c3n(B3c4cc(-c5ccc6c(c5)-c5ccc7c8ccccc8n(B8c9ccccc9C9(C)c%10ccccc%10-c%10cccc8c%109)c7c5C6(C)C)ccc4C4(C)c5ccccc5-c5cccc3c54)c12. The van der Waals surface area contributed by atoms with E-state index in [0.29, 0.717) is 0 Å². The van der Waals surface area contributed by atoms with Crippen molar-refractivity contribution in [2.75, 3.05) is 0 Å². The molecule has 13 aromatic rings. The summed E-state index contributed by atoms with van der Waals surface area (Å²) in [4.78, 5) is 0. The van der Waals surface area contributed by atoms with E-state index in [1.807, 2.05) is 0 Å². The highest BCUT2D eigenvalue weighted by molar-refractivity contribution is 6.87. The highest BCUT2D eigenvalue weighted by atomic mass is 14.9. The molecule has 85 heavy (non-hydrogen) atoms. The zero-order valence-electron chi connectivity index (χ0n) is 50.3. The van der Waals surface area contributed by atoms with Crippen molar-refractivity contribution in [3.63, 3.8) is 0 Å². The molecule has 5 aliphatic rings. The van der Waals surface area contributed by atoms with Crippen molar-refractivity contribution in [3.05, 3.63) is 274 Å². The minimum Gasteiger partial charge on any atom is -0.376 e. The molecule has 11 aromatic carbocycles. The summed E-state index contributed by atoms with van der Waals surface area (Å²) in [6, 6.07) is 85.5. The predicted molar refractivity (Wildman–Crippen MR) is 361 cm³/mol. The van der Waals surface area contributed by atoms with E-state index in [9.17, 15) is 0 Å². The smallest absolute Gasteiger partial charge is 0.328 e. The molecule has 0 saturated heterocycles. The third-order valence-electron chi connectivity index (χ3n) is 21.8. The Morgan fingerprint density at radius 1 is 0.306 bits per heavy atom. The summed E-state index contributed by atoms with van der Waals surface area (Å²) < 4.78 is 5.60. The fraction of sp³-hybridized carbons (Fsp3) is 0.185. The molecular weight excluding hydrogens is 1020 g/mol. The van der Waals surface area contributed by atoms with Gasteiger partial charge >= 0.3 is 13.7 Å². The number of rotatable bonds is 3. The molecule has 2 nitrogen and oxygen atoms in total. The normalized spacial score (nSPS) is 18.1. The lowest BCUT2D eigenvalue weighted by Gasteiger charge is -2.40. The molecule has 406 valence electrons. The maximum absolute atomic E-state index is 2.83. The number of aromatic nitrogens is 2. The lowest BCUT2D eigenvalue weighted by atomic mass is 9.41. The van der Waals surface area contributed by atoms with Crippen LogP contribution < -0.4 is 21.9 Å². The Labute approximate surface area is 500 Å². The van der Waals surface area contributed by atoms with Crippen molar-refractivity contribution in [1.29, 1.82) is 0 Å². The van der Waals surface area contributed by atoms with Gasteiger partial charge in [0.25, 0.3) is 0 Å². The molecule has 0 bridgehead atoms. The van der Waals surface area contributed by atoms with Crippen LogP contribution in [0, 0.1) is 0 Å².